The first kappa shape index (κ1) is 15.9. The highest BCUT2D eigenvalue weighted by Gasteiger charge is 2.01. The molecule has 0 radical (unpaired) electrons. The highest BCUT2D eigenvalue weighted by atomic mass is 79.9. The SMILES string of the molecule is COCCNCc1ncn(CCOc2cccc(Br)c2)n1. The molecule has 2 aromatic rings. The van der Waals surface area contributed by atoms with Gasteiger partial charge in [-0.05, 0) is 18.2 Å². The number of methoxy groups -OCH3 is 1. The summed E-state index contributed by atoms with van der Waals surface area (Å²) in [5.41, 5.74) is 0. The quantitative estimate of drug-likeness (QED) is 0.696. The molecule has 0 aliphatic heterocycles. The van der Waals surface area contributed by atoms with Crippen LogP contribution in [0.1, 0.15) is 5.82 Å². The molecule has 114 valence electrons. The van der Waals surface area contributed by atoms with Gasteiger partial charge in [0.1, 0.15) is 18.7 Å². The average Bonchev–Trinajstić information content (AvgIpc) is 2.92. The molecule has 0 atom stereocenters. The van der Waals surface area contributed by atoms with Crippen molar-refractivity contribution >= 4 is 15.9 Å². The molecule has 0 aliphatic carbocycles. The fourth-order valence-electron chi connectivity index (χ4n) is 1.71. The molecular weight excluding hydrogens is 336 g/mol. The molecule has 1 N–H and O–H groups in total. The van der Waals surface area contributed by atoms with Crippen molar-refractivity contribution in [3.8, 4) is 5.75 Å². The maximum Gasteiger partial charge on any atom is 0.164 e. The molecule has 0 aliphatic rings. The van der Waals surface area contributed by atoms with Crippen LogP contribution >= 0.6 is 15.9 Å². The molecule has 1 aromatic carbocycles. The second-order valence-electron chi connectivity index (χ2n) is 4.40. The van der Waals surface area contributed by atoms with Gasteiger partial charge < -0.3 is 14.8 Å². The molecule has 0 saturated heterocycles. The summed E-state index contributed by atoms with van der Waals surface area (Å²) < 4.78 is 13.4. The summed E-state index contributed by atoms with van der Waals surface area (Å²) in [4.78, 5) is 4.24. The predicted octanol–water partition coefficient (Wildman–Crippen LogP) is 1.86. The van der Waals surface area contributed by atoms with Gasteiger partial charge in [0.2, 0.25) is 0 Å². The number of nitrogens with one attached hydrogen (secondary N) is 1. The Bertz CT molecular complexity index is 547. The summed E-state index contributed by atoms with van der Waals surface area (Å²) in [7, 11) is 1.68. The van der Waals surface area contributed by atoms with E-state index in [1.165, 1.54) is 0 Å². The molecular formula is C14H19BrN4O2. The molecule has 1 aromatic heterocycles. The third kappa shape index (κ3) is 5.82. The second-order valence-corrected chi connectivity index (χ2v) is 5.31. The molecule has 6 nitrogen and oxygen atoms in total. The number of nitrogens with zero attached hydrogens (tertiary/aromatic N) is 3. The third-order valence-corrected chi connectivity index (χ3v) is 3.23. The molecule has 0 fully saturated rings. The van der Waals surface area contributed by atoms with Gasteiger partial charge in [0.25, 0.3) is 0 Å². The molecule has 0 bridgehead atoms. The third-order valence-electron chi connectivity index (χ3n) is 2.74. The summed E-state index contributed by atoms with van der Waals surface area (Å²) in [5, 5.41) is 7.57. The van der Waals surface area contributed by atoms with Gasteiger partial charge >= 0.3 is 0 Å². The fraction of sp³-hybridized carbons (Fsp3) is 0.429. The number of ether oxygens (including phenoxy) is 2. The first-order valence-corrected chi connectivity index (χ1v) is 7.53. The van der Waals surface area contributed by atoms with E-state index in [2.05, 4.69) is 31.3 Å². The van der Waals surface area contributed by atoms with Crippen LogP contribution in [0.25, 0.3) is 0 Å². The Kier molecular flexibility index (Phi) is 6.65. The van der Waals surface area contributed by atoms with Crippen LogP contribution in [0.3, 0.4) is 0 Å². The molecule has 0 amide bonds. The minimum Gasteiger partial charge on any atom is -0.492 e. The maximum atomic E-state index is 5.66. The molecule has 0 saturated carbocycles. The monoisotopic (exact) mass is 354 g/mol. The number of aromatic nitrogens is 3. The number of hydrogen-bond donors (Lipinski definition) is 1. The highest BCUT2D eigenvalue weighted by Crippen LogP contribution is 2.17. The van der Waals surface area contributed by atoms with Crippen LogP contribution in [0.5, 0.6) is 5.75 Å². The molecule has 2 rings (SSSR count). The van der Waals surface area contributed by atoms with Crippen molar-refractivity contribution in [3.63, 3.8) is 0 Å². The van der Waals surface area contributed by atoms with Gasteiger partial charge in [-0.3, -0.25) is 0 Å². The average molecular weight is 355 g/mol. The van der Waals surface area contributed by atoms with Gasteiger partial charge in [-0.15, -0.1) is 0 Å². The lowest BCUT2D eigenvalue weighted by Gasteiger charge is -2.06. The Balaban J connectivity index is 1.70. The maximum absolute atomic E-state index is 5.66. The van der Waals surface area contributed by atoms with E-state index in [1.807, 2.05) is 24.3 Å². The number of hydrogen-bond acceptors (Lipinski definition) is 5. The van der Waals surface area contributed by atoms with E-state index in [9.17, 15) is 0 Å². The number of benzene rings is 1. The number of rotatable bonds is 9. The first-order chi connectivity index (χ1) is 10.3. The van der Waals surface area contributed by atoms with E-state index >= 15 is 0 Å². The highest BCUT2D eigenvalue weighted by molar-refractivity contribution is 9.10. The first-order valence-electron chi connectivity index (χ1n) is 6.74. The standard InChI is InChI=1S/C14H19BrN4O2/c1-20-7-5-16-10-14-17-11-19(18-14)6-8-21-13-4-2-3-12(15)9-13/h2-4,9,11,16H,5-8,10H2,1H3. The Morgan fingerprint density at radius 3 is 3.05 bits per heavy atom. The van der Waals surface area contributed by atoms with Crippen molar-refractivity contribution in [2.45, 2.75) is 13.1 Å². The van der Waals surface area contributed by atoms with Crippen molar-refractivity contribution in [2.24, 2.45) is 0 Å². The Labute approximate surface area is 132 Å². The normalized spacial score (nSPS) is 10.8. The van der Waals surface area contributed by atoms with Crippen molar-refractivity contribution < 1.29 is 9.47 Å². The van der Waals surface area contributed by atoms with Crippen molar-refractivity contribution in [1.29, 1.82) is 0 Å². The zero-order chi connectivity index (χ0) is 14.9. The minimum atomic E-state index is 0.552. The van der Waals surface area contributed by atoms with E-state index < -0.39 is 0 Å². The Hall–Kier alpha value is -1.44. The van der Waals surface area contributed by atoms with Crippen LogP contribution in [0.15, 0.2) is 35.1 Å². The molecule has 0 unspecified atom stereocenters. The van der Waals surface area contributed by atoms with Crippen molar-refractivity contribution in [1.82, 2.24) is 20.1 Å². The topological polar surface area (TPSA) is 61.2 Å². The summed E-state index contributed by atoms with van der Waals surface area (Å²) >= 11 is 3.41. The predicted molar refractivity (Wildman–Crippen MR) is 83.2 cm³/mol. The van der Waals surface area contributed by atoms with Gasteiger partial charge in [-0.1, -0.05) is 22.0 Å². The largest absolute Gasteiger partial charge is 0.492 e. The summed E-state index contributed by atoms with van der Waals surface area (Å²) in [6.07, 6.45) is 1.72. The van der Waals surface area contributed by atoms with Gasteiger partial charge in [0.05, 0.1) is 19.7 Å². The van der Waals surface area contributed by atoms with Crippen molar-refractivity contribution in [2.75, 3.05) is 26.9 Å². The van der Waals surface area contributed by atoms with Crippen LogP contribution in [-0.2, 0) is 17.8 Å². The zero-order valence-corrected chi connectivity index (χ0v) is 13.5. The van der Waals surface area contributed by atoms with Crippen LogP contribution in [0.2, 0.25) is 0 Å². The summed E-state index contributed by atoms with van der Waals surface area (Å²) in [6.45, 7) is 3.33. The Morgan fingerprint density at radius 1 is 1.33 bits per heavy atom. The molecule has 1 heterocycles. The van der Waals surface area contributed by atoms with Gasteiger partial charge in [0.15, 0.2) is 5.82 Å². The molecule has 21 heavy (non-hydrogen) atoms. The van der Waals surface area contributed by atoms with Crippen LogP contribution < -0.4 is 10.1 Å². The summed E-state index contributed by atoms with van der Waals surface area (Å²) in [5.74, 6) is 1.61. The lowest BCUT2D eigenvalue weighted by Crippen LogP contribution is -2.19. The second kappa shape index (κ2) is 8.76. The lowest BCUT2D eigenvalue weighted by atomic mass is 10.3. The van der Waals surface area contributed by atoms with Crippen LogP contribution in [-0.4, -0.2) is 41.6 Å². The van der Waals surface area contributed by atoms with E-state index in [0.717, 1.165) is 22.6 Å². The fourth-order valence-corrected chi connectivity index (χ4v) is 2.09. The van der Waals surface area contributed by atoms with Crippen molar-refractivity contribution in [3.05, 3.63) is 40.9 Å². The van der Waals surface area contributed by atoms with Crippen LogP contribution in [0, 0.1) is 0 Å². The smallest absolute Gasteiger partial charge is 0.164 e. The van der Waals surface area contributed by atoms with E-state index in [4.69, 9.17) is 9.47 Å². The molecule has 7 heteroatoms. The zero-order valence-electron chi connectivity index (χ0n) is 12.0. The minimum absolute atomic E-state index is 0.552. The van der Waals surface area contributed by atoms with E-state index in [1.54, 1.807) is 18.1 Å². The lowest BCUT2D eigenvalue weighted by molar-refractivity contribution is 0.199. The Morgan fingerprint density at radius 2 is 2.24 bits per heavy atom. The number of halogens is 1. The molecule has 0 spiro atoms. The van der Waals surface area contributed by atoms with E-state index in [0.29, 0.717) is 26.3 Å². The van der Waals surface area contributed by atoms with Gasteiger partial charge in [0, 0.05) is 18.1 Å². The van der Waals surface area contributed by atoms with Crippen LogP contribution in [0.4, 0.5) is 0 Å². The van der Waals surface area contributed by atoms with E-state index in [-0.39, 0.29) is 0 Å². The van der Waals surface area contributed by atoms with Gasteiger partial charge in [-0.2, -0.15) is 5.10 Å². The van der Waals surface area contributed by atoms with Gasteiger partial charge in [-0.25, -0.2) is 9.67 Å². The summed E-state index contributed by atoms with van der Waals surface area (Å²) in [6, 6.07) is 7.77.